The summed E-state index contributed by atoms with van der Waals surface area (Å²) in [4.78, 5) is 24.0. The molecule has 0 bridgehead atoms. The minimum Gasteiger partial charge on any atom is -0.349 e. The highest BCUT2D eigenvalue weighted by atomic mass is 16.1. The summed E-state index contributed by atoms with van der Waals surface area (Å²) in [6.07, 6.45) is 9.17. The van der Waals surface area contributed by atoms with Crippen LogP contribution in [0.2, 0.25) is 0 Å². The van der Waals surface area contributed by atoms with Gasteiger partial charge in [0.15, 0.2) is 5.65 Å². The molecule has 2 aromatic heterocycles. The Morgan fingerprint density at radius 3 is 2.70 bits per heavy atom. The Morgan fingerprint density at radius 2 is 1.93 bits per heavy atom. The number of aromatic nitrogens is 3. The second-order valence-corrected chi connectivity index (χ2v) is 7.16. The van der Waals surface area contributed by atoms with Gasteiger partial charge in [-0.15, -0.1) is 0 Å². The second kappa shape index (κ2) is 7.88. The maximum absolute atomic E-state index is 12.5. The number of aryl methyl sites for hydroxylation is 1. The number of fused-ring (bicyclic) bond motifs is 1. The first-order valence-electron chi connectivity index (χ1n) is 9.62. The second-order valence-electron chi connectivity index (χ2n) is 7.16. The standard InChI is InChI=1S/C21H25N5O/c1-16-5-7-17(8-6-16)19-20-24-18(15-26(20)14-10-22-19)21(27)23-9-13-25-11-3-2-4-12-25/h5-8,10,14-15H,2-4,9,11-13H2,1H3,(H,23,27). The van der Waals surface area contributed by atoms with Crippen LogP contribution in [0.25, 0.3) is 16.9 Å². The van der Waals surface area contributed by atoms with E-state index in [9.17, 15) is 4.79 Å². The Morgan fingerprint density at radius 1 is 1.15 bits per heavy atom. The number of carbonyl (C=O) groups is 1. The molecule has 1 saturated heterocycles. The number of imidazole rings is 1. The molecule has 1 aliphatic rings. The average Bonchev–Trinajstić information content (AvgIpc) is 3.14. The molecule has 0 aliphatic carbocycles. The minimum absolute atomic E-state index is 0.134. The molecule has 27 heavy (non-hydrogen) atoms. The summed E-state index contributed by atoms with van der Waals surface area (Å²) in [6, 6.07) is 8.17. The lowest BCUT2D eigenvalue weighted by Gasteiger charge is -2.26. The number of hydrogen-bond acceptors (Lipinski definition) is 4. The van der Waals surface area contributed by atoms with Gasteiger partial charge in [0.05, 0.1) is 0 Å². The van der Waals surface area contributed by atoms with Crippen molar-refractivity contribution in [1.29, 1.82) is 0 Å². The summed E-state index contributed by atoms with van der Waals surface area (Å²) in [5.41, 5.74) is 4.10. The van der Waals surface area contributed by atoms with Crippen molar-refractivity contribution in [1.82, 2.24) is 24.6 Å². The van der Waals surface area contributed by atoms with Crippen molar-refractivity contribution in [2.75, 3.05) is 26.2 Å². The van der Waals surface area contributed by atoms with Crippen molar-refractivity contribution in [2.45, 2.75) is 26.2 Å². The van der Waals surface area contributed by atoms with Crippen LogP contribution in [0.3, 0.4) is 0 Å². The van der Waals surface area contributed by atoms with Crippen molar-refractivity contribution >= 4 is 11.6 Å². The van der Waals surface area contributed by atoms with Gasteiger partial charge in [-0.1, -0.05) is 36.2 Å². The number of piperidine rings is 1. The van der Waals surface area contributed by atoms with Crippen LogP contribution >= 0.6 is 0 Å². The molecule has 3 heterocycles. The summed E-state index contributed by atoms with van der Waals surface area (Å²) in [5.74, 6) is -0.134. The molecule has 1 aromatic carbocycles. The zero-order valence-electron chi connectivity index (χ0n) is 15.7. The van der Waals surface area contributed by atoms with Gasteiger partial charge < -0.3 is 14.6 Å². The van der Waals surface area contributed by atoms with Gasteiger partial charge in [0.2, 0.25) is 0 Å². The summed E-state index contributed by atoms with van der Waals surface area (Å²) < 4.78 is 1.86. The number of likely N-dealkylation sites (tertiary alicyclic amines) is 1. The third kappa shape index (κ3) is 4.01. The highest BCUT2D eigenvalue weighted by Crippen LogP contribution is 2.22. The monoisotopic (exact) mass is 363 g/mol. The van der Waals surface area contributed by atoms with Gasteiger partial charge in [0.25, 0.3) is 5.91 Å². The first-order chi connectivity index (χ1) is 13.2. The lowest BCUT2D eigenvalue weighted by Crippen LogP contribution is -2.37. The molecule has 4 rings (SSSR count). The average molecular weight is 363 g/mol. The van der Waals surface area contributed by atoms with Gasteiger partial charge in [-0.3, -0.25) is 9.78 Å². The van der Waals surface area contributed by atoms with E-state index in [2.05, 4.69) is 39.2 Å². The maximum Gasteiger partial charge on any atom is 0.271 e. The zero-order chi connectivity index (χ0) is 18.6. The van der Waals surface area contributed by atoms with E-state index in [4.69, 9.17) is 0 Å². The highest BCUT2D eigenvalue weighted by Gasteiger charge is 2.15. The molecule has 0 saturated carbocycles. The number of rotatable bonds is 5. The fourth-order valence-corrected chi connectivity index (χ4v) is 3.55. The van der Waals surface area contributed by atoms with E-state index in [-0.39, 0.29) is 5.91 Å². The molecule has 3 aromatic rings. The van der Waals surface area contributed by atoms with Crippen LogP contribution in [0.15, 0.2) is 42.9 Å². The number of benzene rings is 1. The van der Waals surface area contributed by atoms with Gasteiger partial charge in [-0.05, 0) is 32.9 Å². The first kappa shape index (κ1) is 17.7. The molecule has 0 radical (unpaired) electrons. The molecule has 140 valence electrons. The van der Waals surface area contributed by atoms with Gasteiger partial charge in [0.1, 0.15) is 11.4 Å². The van der Waals surface area contributed by atoms with Crippen molar-refractivity contribution in [3.63, 3.8) is 0 Å². The Kier molecular flexibility index (Phi) is 5.16. The zero-order valence-corrected chi connectivity index (χ0v) is 15.7. The van der Waals surface area contributed by atoms with Crippen LogP contribution in [-0.4, -0.2) is 51.4 Å². The van der Waals surface area contributed by atoms with E-state index in [0.29, 0.717) is 17.9 Å². The molecular weight excluding hydrogens is 338 g/mol. The Balaban J connectivity index is 1.48. The van der Waals surface area contributed by atoms with Crippen molar-refractivity contribution < 1.29 is 4.79 Å². The maximum atomic E-state index is 12.5. The minimum atomic E-state index is -0.134. The predicted octanol–water partition coefficient (Wildman–Crippen LogP) is 2.92. The van der Waals surface area contributed by atoms with Gasteiger partial charge in [-0.25, -0.2) is 4.98 Å². The molecule has 6 nitrogen and oxygen atoms in total. The van der Waals surface area contributed by atoms with E-state index >= 15 is 0 Å². The van der Waals surface area contributed by atoms with E-state index in [1.54, 1.807) is 12.4 Å². The SMILES string of the molecule is Cc1ccc(-c2nccn3cc(C(=O)NCCN4CCCCC4)nc23)cc1. The first-order valence-corrected chi connectivity index (χ1v) is 9.62. The Hall–Kier alpha value is -2.73. The number of carbonyl (C=O) groups excluding carboxylic acids is 1. The Bertz CT molecular complexity index is 925. The molecule has 0 atom stereocenters. The smallest absolute Gasteiger partial charge is 0.271 e. The Labute approximate surface area is 159 Å². The van der Waals surface area contributed by atoms with E-state index in [1.165, 1.54) is 24.8 Å². The third-order valence-corrected chi connectivity index (χ3v) is 5.09. The predicted molar refractivity (Wildman–Crippen MR) is 106 cm³/mol. The normalized spacial score (nSPS) is 15.1. The van der Waals surface area contributed by atoms with Crippen molar-refractivity contribution in [3.05, 3.63) is 54.1 Å². The van der Waals surface area contributed by atoms with E-state index in [1.807, 2.05) is 22.7 Å². The number of nitrogens with zero attached hydrogens (tertiary/aromatic N) is 4. The largest absolute Gasteiger partial charge is 0.349 e. The van der Waals surface area contributed by atoms with Crippen LogP contribution in [0.1, 0.15) is 35.3 Å². The van der Waals surface area contributed by atoms with Gasteiger partial charge in [0, 0.05) is 37.2 Å². The van der Waals surface area contributed by atoms with E-state index < -0.39 is 0 Å². The number of hydrogen-bond donors (Lipinski definition) is 1. The molecular formula is C21H25N5O. The van der Waals surface area contributed by atoms with Gasteiger partial charge >= 0.3 is 0 Å². The van der Waals surface area contributed by atoms with Crippen molar-refractivity contribution in [3.8, 4) is 11.3 Å². The number of amides is 1. The molecule has 6 heteroatoms. The quantitative estimate of drug-likeness (QED) is 0.757. The number of nitrogens with one attached hydrogen (secondary N) is 1. The molecule has 1 aliphatic heterocycles. The van der Waals surface area contributed by atoms with Crippen molar-refractivity contribution in [2.24, 2.45) is 0 Å². The molecule has 1 amide bonds. The fraction of sp³-hybridized carbons (Fsp3) is 0.381. The molecule has 1 N–H and O–H groups in total. The lowest BCUT2D eigenvalue weighted by atomic mass is 10.1. The van der Waals surface area contributed by atoms with Crippen LogP contribution in [0.4, 0.5) is 0 Å². The molecule has 1 fully saturated rings. The highest BCUT2D eigenvalue weighted by molar-refractivity contribution is 5.93. The lowest BCUT2D eigenvalue weighted by molar-refractivity contribution is 0.0942. The summed E-state index contributed by atoms with van der Waals surface area (Å²) in [7, 11) is 0. The molecule has 0 spiro atoms. The van der Waals surface area contributed by atoms with Crippen LogP contribution in [0.5, 0.6) is 0 Å². The van der Waals surface area contributed by atoms with Crippen LogP contribution in [-0.2, 0) is 0 Å². The van der Waals surface area contributed by atoms with E-state index in [0.717, 1.165) is 30.9 Å². The summed E-state index contributed by atoms with van der Waals surface area (Å²) in [5, 5.41) is 3.00. The topological polar surface area (TPSA) is 62.5 Å². The van der Waals surface area contributed by atoms with Crippen LogP contribution in [0, 0.1) is 6.92 Å². The third-order valence-electron chi connectivity index (χ3n) is 5.09. The summed E-state index contributed by atoms with van der Waals surface area (Å²) in [6.45, 7) is 5.87. The fourth-order valence-electron chi connectivity index (χ4n) is 3.55. The summed E-state index contributed by atoms with van der Waals surface area (Å²) >= 11 is 0. The van der Waals surface area contributed by atoms with Crippen LogP contribution < -0.4 is 5.32 Å². The van der Waals surface area contributed by atoms with Gasteiger partial charge in [-0.2, -0.15) is 0 Å². The molecule has 0 unspecified atom stereocenters.